The number of hydrogen-bond acceptors (Lipinski definition) is 10. The lowest BCUT2D eigenvalue weighted by Gasteiger charge is -2.37. The Morgan fingerprint density at radius 3 is 1.30 bits per heavy atom. The van der Waals surface area contributed by atoms with Gasteiger partial charge >= 0.3 is 11.9 Å². The molecule has 6 aliphatic rings. The zero-order chi connectivity index (χ0) is 49.4. The number of esters is 2. The van der Waals surface area contributed by atoms with Crippen molar-refractivity contribution < 1.29 is 48.3 Å². The summed E-state index contributed by atoms with van der Waals surface area (Å²) in [6.07, 6.45) is -1.21. The highest BCUT2D eigenvalue weighted by atomic mass is 16.6. The molecule has 2 amide bonds. The van der Waals surface area contributed by atoms with E-state index in [2.05, 4.69) is 15.2 Å². The predicted molar refractivity (Wildman–Crippen MR) is 274 cm³/mol. The third kappa shape index (κ3) is 4.69. The third-order valence-electron chi connectivity index (χ3n) is 17.3. The minimum atomic E-state index is -1.95. The zero-order valence-corrected chi connectivity index (χ0v) is 40.1. The van der Waals surface area contributed by atoms with Crippen LogP contribution in [-0.4, -0.2) is 102 Å². The van der Waals surface area contributed by atoms with Crippen LogP contribution in [0.15, 0.2) is 97.1 Å². The van der Waals surface area contributed by atoms with E-state index in [-0.39, 0.29) is 32.1 Å². The minimum Gasteiger partial charge on any atom is -0.467 e. The third-order valence-corrected chi connectivity index (χ3v) is 17.3. The summed E-state index contributed by atoms with van der Waals surface area (Å²) >= 11 is 0. The van der Waals surface area contributed by atoms with E-state index in [9.17, 15) is 29.4 Å². The summed E-state index contributed by atoms with van der Waals surface area (Å²) in [5.41, 5.74) is 3.53. The molecule has 10 heterocycles. The number of benzene rings is 6. The van der Waals surface area contributed by atoms with Gasteiger partial charge in [-0.2, -0.15) is 0 Å². The van der Waals surface area contributed by atoms with Crippen molar-refractivity contribution in [1.29, 1.82) is 0 Å². The van der Waals surface area contributed by atoms with Gasteiger partial charge in [-0.1, -0.05) is 80.2 Å². The summed E-state index contributed by atoms with van der Waals surface area (Å²) in [7, 11) is 6.22. The topological polar surface area (TPSA) is 172 Å². The number of fused-ring (bicyclic) bond motifs is 26. The molecule has 16 nitrogen and oxygen atoms in total. The molecular weight excluding hydrogens is 929 g/mol. The van der Waals surface area contributed by atoms with Crippen molar-refractivity contribution >= 4 is 111 Å². The Morgan fingerprint density at radius 1 is 0.534 bits per heavy atom. The van der Waals surface area contributed by atoms with E-state index in [1.165, 1.54) is 14.2 Å². The van der Waals surface area contributed by atoms with Crippen molar-refractivity contribution in [3.63, 3.8) is 0 Å². The first-order chi connectivity index (χ1) is 34.6. The second-order valence-electron chi connectivity index (χ2n) is 20.6. The highest BCUT2D eigenvalue weighted by Crippen LogP contribution is 2.60. The Labute approximate surface area is 415 Å². The highest BCUT2D eigenvalue weighted by Gasteiger charge is 2.67. The maximum Gasteiger partial charge on any atom is 0.343 e. The van der Waals surface area contributed by atoms with Gasteiger partial charge < -0.3 is 57.2 Å². The van der Waals surface area contributed by atoms with Crippen molar-refractivity contribution in [2.45, 2.75) is 82.3 Å². The second kappa shape index (κ2) is 13.8. The Hall–Kier alpha value is -7.76. The zero-order valence-electron chi connectivity index (χ0n) is 40.1. The van der Waals surface area contributed by atoms with Gasteiger partial charge in [-0.3, -0.25) is 9.59 Å². The summed E-state index contributed by atoms with van der Waals surface area (Å²) < 4.78 is 31.7. The Bertz CT molecular complexity index is 4280. The normalized spacial score (nSPS) is 26.2. The Kier molecular flexibility index (Phi) is 8.34. The van der Waals surface area contributed by atoms with Gasteiger partial charge in [0, 0.05) is 83.1 Å². The molecular formula is C57H50N6O10. The molecule has 16 rings (SSSR count). The highest BCUT2D eigenvalue weighted by molar-refractivity contribution is 6.32. The Morgan fingerprint density at radius 2 is 0.863 bits per heavy atom. The van der Waals surface area contributed by atoms with E-state index in [1.807, 2.05) is 114 Å². The minimum absolute atomic E-state index is 0. The van der Waals surface area contributed by atoms with Crippen LogP contribution in [0.25, 0.3) is 87.2 Å². The summed E-state index contributed by atoms with van der Waals surface area (Å²) in [6.45, 7) is 4.51. The molecule has 368 valence electrons. The fourth-order valence-electron chi connectivity index (χ4n) is 14.2. The molecule has 16 heteroatoms. The van der Waals surface area contributed by atoms with Crippen molar-refractivity contribution in [2.24, 2.45) is 0 Å². The van der Waals surface area contributed by atoms with Gasteiger partial charge in [-0.05, 0) is 49.2 Å². The molecule has 4 bridgehead atoms. The first kappa shape index (κ1) is 44.0. The number of hydrogen-bond donors (Lipinski definition) is 2. The summed E-state index contributed by atoms with van der Waals surface area (Å²) in [4.78, 5) is 57.1. The van der Waals surface area contributed by atoms with E-state index in [0.717, 1.165) is 104 Å². The summed E-state index contributed by atoms with van der Waals surface area (Å²) in [6, 6.07) is 31.8. The van der Waals surface area contributed by atoms with Gasteiger partial charge in [0.15, 0.2) is 11.4 Å². The van der Waals surface area contributed by atoms with Crippen LogP contribution in [0.2, 0.25) is 0 Å². The second-order valence-corrected chi connectivity index (χ2v) is 20.6. The van der Waals surface area contributed by atoms with Gasteiger partial charge in [0.05, 0.1) is 69.5 Å². The number of para-hydroxylation sites is 4. The number of aliphatic hydroxyl groups is 2. The van der Waals surface area contributed by atoms with Crippen LogP contribution in [0.1, 0.15) is 78.4 Å². The van der Waals surface area contributed by atoms with Gasteiger partial charge in [-0.25, -0.2) is 9.59 Å². The van der Waals surface area contributed by atoms with E-state index < -0.39 is 47.0 Å². The Balaban J connectivity index is 0.000000133. The number of carbonyl (C=O) groups is 4. The van der Waals surface area contributed by atoms with E-state index in [4.69, 9.17) is 18.9 Å². The fraction of sp³-hybridized carbons (Fsp3) is 0.298. The number of aromatic nitrogens is 4. The van der Waals surface area contributed by atoms with Crippen LogP contribution < -0.4 is 0 Å². The molecule has 10 aromatic rings. The van der Waals surface area contributed by atoms with E-state index in [0.29, 0.717) is 18.7 Å². The molecule has 0 spiro atoms. The van der Waals surface area contributed by atoms with Crippen LogP contribution in [0.3, 0.4) is 0 Å². The van der Waals surface area contributed by atoms with Crippen molar-refractivity contribution in [3.05, 3.63) is 119 Å². The lowest BCUT2D eigenvalue weighted by atomic mass is 9.88. The first-order valence-electron chi connectivity index (χ1n) is 24.1. The number of rotatable bonds is 2. The molecule has 6 atom stereocenters. The van der Waals surface area contributed by atoms with Gasteiger partial charge in [0.25, 0.3) is 11.8 Å². The van der Waals surface area contributed by atoms with Crippen LogP contribution in [0, 0.1) is 0 Å². The molecule has 0 unspecified atom stereocenters. The molecule has 6 aliphatic heterocycles. The number of nitrogens with zero attached hydrogens (tertiary/aromatic N) is 6. The molecule has 0 saturated carbocycles. The van der Waals surface area contributed by atoms with E-state index in [1.54, 1.807) is 23.6 Å². The molecule has 2 saturated heterocycles. The van der Waals surface area contributed by atoms with Crippen LogP contribution in [0.5, 0.6) is 0 Å². The number of carbonyl (C=O) groups excluding carboxylic acids is 4. The smallest absolute Gasteiger partial charge is 0.343 e. The molecule has 73 heavy (non-hydrogen) atoms. The predicted octanol–water partition coefficient (Wildman–Crippen LogP) is 8.63. The molecule has 2 fully saturated rings. The lowest BCUT2D eigenvalue weighted by Crippen LogP contribution is -2.56. The molecule has 0 aliphatic carbocycles. The van der Waals surface area contributed by atoms with Crippen LogP contribution in [0.4, 0.5) is 0 Å². The standard InChI is InChI=1S/2C28H23N3O5.CH4/c1-27-28(34,26(33)35-3)12-19(36-27)30-17-10-6-4-8-14(17)21-22-16(13-29(2)25(22)32)20-15-9-5-7-11-18(15)31(27)24(20)23(21)30;1-27-28(34,26(33)35-3)12-19(36-27)30-17-10-6-4-8-14(17)20-16-13-29(2)25(32)22(16)21-15-9-5-7-11-18(15)31(27)24(21)23(20)30;/h2*4-11,19,34H,12-13H2,1-3H3;1H4/t2*19-,27+,28+;/m00./s1. The number of amides is 2. The van der Waals surface area contributed by atoms with Gasteiger partial charge in [0.2, 0.25) is 11.2 Å². The van der Waals surface area contributed by atoms with Crippen molar-refractivity contribution in [2.75, 3.05) is 28.3 Å². The number of ether oxygens (including phenoxy) is 4. The number of methoxy groups -OCH3 is 2. The molecule has 0 radical (unpaired) electrons. The van der Waals surface area contributed by atoms with Crippen molar-refractivity contribution in [3.8, 4) is 0 Å². The van der Waals surface area contributed by atoms with Crippen molar-refractivity contribution in [1.82, 2.24) is 28.1 Å². The van der Waals surface area contributed by atoms with Gasteiger partial charge in [-0.15, -0.1) is 0 Å². The maximum absolute atomic E-state index is 13.6. The van der Waals surface area contributed by atoms with Gasteiger partial charge in [0.1, 0.15) is 12.5 Å². The fourth-order valence-corrected chi connectivity index (χ4v) is 14.2. The van der Waals surface area contributed by atoms with E-state index >= 15 is 0 Å². The SMILES string of the molecule is C.COC(=O)[C@]1(O)C[C@@H]2O[C@@]1(C)n1c3ccccc3c3c4c(c5c6ccccc6n2c5c31)C(=O)N(C)C4.COC(=O)[C@]1(O)C[C@@H]2O[C@@]1(C)n1c3ccccc3c3c4c(c5c6ccccc6n2c5c31)CN(C)C4=O. The average Bonchev–Trinajstić information content (AvgIpc) is 4.28. The maximum atomic E-state index is 13.6. The lowest BCUT2D eigenvalue weighted by molar-refractivity contribution is -0.203. The first-order valence-corrected chi connectivity index (χ1v) is 24.1. The largest absolute Gasteiger partial charge is 0.467 e. The molecule has 6 aromatic carbocycles. The summed E-state index contributed by atoms with van der Waals surface area (Å²) in [5.74, 6) is -1.51. The molecule has 2 N–H and O–H groups in total. The summed E-state index contributed by atoms with van der Waals surface area (Å²) in [5, 5.41) is 31.5. The quantitative estimate of drug-likeness (QED) is 0.160. The van der Waals surface area contributed by atoms with Crippen LogP contribution >= 0.6 is 0 Å². The van der Waals surface area contributed by atoms with Crippen LogP contribution in [-0.2, 0) is 53.1 Å². The monoisotopic (exact) mass is 978 g/mol. The molecule has 4 aromatic heterocycles. The average molecular weight is 979 g/mol.